The van der Waals surface area contributed by atoms with Gasteiger partial charge in [0.05, 0.1) is 23.4 Å². The molecule has 130 valence electrons. The SMILES string of the molecule is N#CC1=C(N)C(C#N)(C#N)[C@H](c2ccc3ccccc3c2)[C@@H]2CCCC=C12. The lowest BCUT2D eigenvalue weighted by Gasteiger charge is -2.43. The normalized spacial score (nSPS) is 23.5. The summed E-state index contributed by atoms with van der Waals surface area (Å²) in [5.41, 5.74) is 7.02. The number of hydrogen-bond donors (Lipinski definition) is 1. The Morgan fingerprint density at radius 2 is 1.74 bits per heavy atom. The van der Waals surface area contributed by atoms with E-state index >= 15 is 0 Å². The van der Waals surface area contributed by atoms with Gasteiger partial charge in [0, 0.05) is 5.92 Å². The molecule has 0 saturated carbocycles. The molecule has 27 heavy (non-hydrogen) atoms. The first-order valence-electron chi connectivity index (χ1n) is 9.08. The average molecular weight is 350 g/mol. The zero-order valence-corrected chi connectivity index (χ0v) is 14.8. The first-order valence-corrected chi connectivity index (χ1v) is 9.08. The van der Waals surface area contributed by atoms with Crippen LogP contribution in [-0.4, -0.2) is 0 Å². The fourth-order valence-electron chi connectivity index (χ4n) is 4.65. The Bertz CT molecular complexity index is 1100. The minimum absolute atomic E-state index is 0.0545. The second-order valence-corrected chi connectivity index (χ2v) is 7.21. The molecule has 0 aromatic heterocycles. The minimum Gasteiger partial charge on any atom is -0.399 e. The molecule has 0 fully saturated rings. The molecule has 2 aromatic carbocycles. The molecular weight excluding hydrogens is 332 g/mol. The monoisotopic (exact) mass is 350 g/mol. The van der Waals surface area contributed by atoms with E-state index in [1.54, 1.807) is 0 Å². The van der Waals surface area contributed by atoms with Crippen molar-refractivity contribution < 1.29 is 0 Å². The van der Waals surface area contributed by atoms with Gasteiger partial charge in [0.25, 0.3) is 0 Å². The molecule has 0 spiro atoms. The number of nitrogens with two attached hydrogens (primary N) is 1. The maximum absolute atomic E-state index is 10.0. The summed E-state index contributed by atoms with van der Waals surface area (Å²) in [6, 6.07) is 20.6. The maximum atomic E-state index is 10.0. The Morgan fingerprint density at radius 1 is 1.00 bits per heavy atom. The topological polar surface area (TPSA) is 97.4 Å². The lowest BCUT2D eigenvalue weighted by Crippen LogP contribution is -2.42. The van der Waals surface area contributed by atoms with Crippen molar-refractivity contribution in [2.75, 3.05) is 0 Å². The molecule has 0 unspecified atom stereocenters. The molecule has 0 aliphatic heterocycles. The number of nitrogens with zero attached hydrogens (tertiary/aromatic N) is 3. The highest BCUT2D eigenvalue weighted by molar-refractivity contribution is 5.83. The second kappa shape index (κ2) is 6.31. The van der Waals surface area contributed by atoms with E-state index in [2.05, 4.69) is 30.4 Å². The molecule has 0 amide bonds. The van der Waals surface area contributed by atoms with Crippen LogP contribution in [0.4, 0.5) is 0 Å². The summed E-state index contributed by atoms with van der Waals surface area (Å²) in [7, 11) is 0. The molecule has 2 atom stereocenters. The third-order valence-electron chi connectivity index (χ3n) is 5.93. The van der Waals surface area contributed by atoms with Crippen molar-refractivity contribution in [1.29, 1.82) is 15.8 Å². The molecule has 0 radical (unpaired) electrons. The van der Waals surface area contributed by atoms with Gasteiger partial charge in [-0.15, -0.1) is 0 Å². The van der Waals surface area contributed by atoms with Gasteiger partial charge in [0.1, 0.15) is 6.07 Å². The standard InChI is InChI=1S/C23H18N4/c24-12-20-18-7-3-4-8-19(18)21(23(13-25,14-26)22(20)27)17-10-9-15-5-1-2-6-16(15)11-17/h1-2,5-7,9-11,19,21H,3-4,8,27H2/t19-,21-/m1/s1. The van der Waals surface area contributed by atoms with Crippen molar-refractivity contribution in [3.8, 4) is 18.2 Å². The minimum atomic E-state index is -1.53. The Kier molecular flexibility index (Phi) is 3.95. The molecular formula is C23H18N4. The van der Waals surface area contributed by atoms with Crippen LogP contribution in [0.25, 0.3) is 10.8 Å². The molecule has 0 saturated heterocycles. The molecule has 2 N–H and O–H groups in total. The molecule has 2 aliphatic carbocycles. The van der Waals surface area contributed by atoms with Gasteiger partial charge in [0.2, 0.25) is 0 Å². The first kappa shape index (κ1) is 16.9. The van der Waals surface area contributed by atoms with Crippen LogP contribution in [0.15, 0.2) is 65.4 Å². The van der Waals surface area contributed by atoms with Gasteiger partial charge in [0.15, 0.2) is 5.41 Å². The van der Waals surface area contributed by atoms with Crippen LogP contribution in [0.3, 0.4) is 0 Å². The molecule has 2 aliphatic rings. The molecule has 4 nitrogen and oxygen atoms in total. The van der Waals surface area contributed by atoms with Gasteiger partial charge >= 0.3 is 0 Å². The van der Waals surface area contributed by atoms with Crippen molar-refractivity contribution in [2.24, 2.45) is 17.1 Å². The third-order valence-corrected chi connectivity index (χ3v) is 5.93. The number of hydrogen-bond acceptors (Lipinski definition) is 4. The molecule has 4 rings (SSSR count). The lowest BCUT2D eigenvalue weighted by molar-refractivity contribution is 0.318. The van der Waals surface area contributed by atoms with Crippen LogP contribution >= 0.6 is 0 Å². The van der Waals surface area contributed by atoms with Crippen molar-refractivity contribution in [1.82, 2.24) is 0 Å². The molecule has 0 bridgehead atoms. The van der Waals surface area contributed by atoms with Crippen LogP contribution < -0.4 is 5.73 Å². The Labute approximate surface area is 158 Å². The Hall–Kier alpha value is -3.55. The quantitative estimate of drug-likeness (QED) is 0.822. The summed E-state index contributed by atoms with van der Waals surface area (Å²) >= 11 is 0. The van der Waals surface area contributed by atoms with Gasteiger partial charge in [-0.25, -0.2) is 0 Å². The summed E-state index contributed by atoms with van der Waals surface area (Å²) in [6.07, 6.45) is 4.77. The fourth-order valence-corrected chi connectivity index (χ4v) is 4.65. The van der Waals surface area contributed by atoms with Crippen molar-refractivity contribution in [2.45, 2.75) is 25.2 Å². The number of allylic oxidation sites excluding steroid dienone is 4. The number of rotatable bonds is 1. The van der Waals surface area contributed by atoms with E-state index in [1.807, 2.05) is 36.4 Å². The van der Waals surface area contributed by atoms with E-state index in [0.29, 0.717) is 5.57 Å². The Morgan fingerprint density at radius 3 is 2.44 bits per heavy atom. The van der Waals surface area contributed by atoms with E-state index in [9.17, 15) is 15.8 Å². The van der Waals surface area contributed by atoms with Crippen molar-refractivity contribution >= 4 is 10.8 Å². The van der Waals surface area contributed by atoms with Crippen LogP contribution in [0.5, 0.6) is 0 Å². The highest BCUT2D eigenvalue weighted by Crippen LogP contribution is 2.55. The largest absolute Gasteiger partial charge is 0.399 e. The maximum Gasteiger partial charge on any atom is 0.191 e. The van der Waals surface area contributed by atoms with Gasteiger partial charge in [-0.2, -0.15) is 15.8 Å². The number of nitriles is 3. The fraction of sp³-hybridized carbons (Fsp3) is 0.261. The summed E-state index contributed by atoms with van der Waals surface area (Å²) < 4.78 is 0. The molecule has 4 heteroatoms. The van der Waals surface area contributed by atoms with Crippen LogP contribution in [0, 0.1) is 45.3 Å². The summed E-state index contributed by atoms with van der Waals surface area (Å²) in [5, 5.41) is 31.9. The van der Waals surface area contributed by atoms with Gasteiger partial charge in [-0.1, -0.05) is 48.5 Å². The molecule has 0 heterocycles. The average Bonchev–Trinajstić information content (AvgIpc) is 2.72. The van der Waals surface area contributed by atoms with Crippen LogP contribution in [0.1, 0.15) is 30.7 Å². The van der Waals surface area contributed by atoms with Crippen LogP contribution in [-0.2, 0) is 0 Å². The first-order chi connectivity index (χ1) is 13.2. The van der Waals surface area contributed by atoms with E-state index in [-0.39, 0.29) is 17.5 Å². The highest BCUT2D eigenvalue weighted by Gasteiger charge is 2.53. The van der Waals surface area contributed by atoms with E-state index in [4.69, 9.17) is 5.73 Å². The van der Waals surface area contributed by atoms with Crippen molar-refractivity contribution in [3.05, 3.63) is 70.9 Å². The predicted molar refractivity (Wildman–Crippen MR) is 103 cm³/mol. The predicted octanol–water partition coefficient (Wildman–Crippen LogP) is 4.43. The third kappa shape index (κ3) is 2.33. The van der Waals surface area contributed by atoms with Crippen LogP contribution in [0.2, 0.25) is 0 Å². The number of benzene rings is 2. The summed E-state index contributed by atoms with van der Waals surface area (Å²) in [4.78, 5) is 0. The van der Waals surface area contributed by atoms with E-state index < -0.39 is 5.41 Å². The lowest BCUT2D eigenvalue weighted by atomic mass is 9.56. The summed E-state index contributed by atoms with van der Waals surface area (Å²) in [6.45, 7) is 0. The molecule has 2 aromatic rings. The Balaban J connectivity index is 2.01. The van der Waals surface area contributed by atoms with Gasteiger partial charge in [-0.3, -0.25) is 0 Å². The van der Waals surface area contributed by atoms with Gasteiger partial charge < -0.3 is 5.73 Å². The smallest absolute Gasteiger partial charge is 0.191 e. The van der Waals surface area contributed by atoms with E-state index in [1.165, 1.54) is 0 Å². The zero-order valence-electron chi connectivity index (χ0n) is 14.8. The summed E-state index contributed by atoms with van der Waals surface area (Å²) in [5.74, 6) is -0.443. The zero-order chi connectivity index (χ0) is 19.0. The highest BCUT2D eigenvalue weighted by atomic mass is 14.7. The van der Waals surface area contributed by atoms with E-state index in [0.717, 1.165) is 41.2 Å². The van der Waals surface area contributed by atoms with Gasteiger partial charge in [-0.05, 0) is 47.1 Å². The van der Waals surface area contributed by atoms with Crippen molar-refractivity contribution in [3.63, 3.8) is 0 Å². The number of fused-ring (bicyclic) bond motifs is 2. The second-order valence-electron chi connectivity index (χ2n) is 7.21.